The van der Waals surface area contributed by atoms with Crippen LogP contribution in [0.2, 0.25) is 0 Å². The van der Waals surface area contributed by atoms with Crippen molar-refractivity contribution in [2.45, 2.75) is 51.6 Å². The van der Waals surface area contributed by atoms with Gasteiger partial charge in [0.25, 0.3) is 0 Å². The smallest absolute Gasteiger partial charge is 0.160 e. The van der Waals surface area contributed by atoms with Gasteiger partial charge in [-0.1, -0.05) is 6.92 Å². The molecule has 0 amide bonds. The van der Waals surface area contributed by atoms with Crippen molar-refractivity contribution in [1.29, 1.82) is 0 Å². The van der Waals surface area contributed by atoms with Crippen LogP contribution in [0.4, 0.5) is 0 Å². The van der Waals surface area contributed by atoms with Crippen LogP contribution in [0.1, 0.15) is 50.2 Å². The molecule has 0 aromatic carbocycles. The molecule has 2 aliphatic rings. The van der Waals surface area contributed by atoms with E-state index in [1.807, 2.05) is 6.20 Å². The lowest BCUT2D eigenvalue weighted by Crippen LogP contribution is -2.29. The summed E-state index contributed by atoms with van der Waals surface area (Å²) >= 11 is 0. The van der Waals surface area contributed by atoms with Gasteiger partial charge in [-0.25, -0.2) is 9.97 Å². The Bertz CT molecular complexity index is 469. The van der Waals surface area contributed by atoms with Crippen LogP contribution in [0.3, 0.4) is 0 Å². The molecule has 0 spiro atoms. The summed E-state index contributed by atoms with van der Waals surface area (Å²) in [5.41, 5.74) is 2.33. The van der Waals surface area contributed by atoms with Crippen molar-refractivity contribution >= 4 is 0 Å². The minimum absolute atomic E-state index is 0.254. The van der Waals surface area contributed by atoms with Crippen molar-refractivity contribution in [2.24, 2.45) is 5.92 Å². The first-order chi connectivity index (χ1) is 9.71. The van der Waals surface area contributed by atoms with Crippen LogP contribution in [-0.4, -0.2) is 29.7 Å². The van der Waals surface area contributed by atoms with Crippen molar-refractivity contribution < 1.29 is 4.74 Å². The maximum absolute atomic E-state index is 5.86. The lowest BCUT2D eigenvalue weighted by molar-refractivity contribution is 0.00903. The number of nitrogens with zero attached hydrogens (tertiary/aromatic N) is 2. The maximum atomic E-state index is 5.86. The van der Waals surface area contributed by atoms with Crippen molar-refractivity contribution in [3.63, 3.8) is 0 Å². The summed E-state index contributed by atoms with van der Waals surface area (Å²) in [5.74, 6) is 1.62. The van der Waals surface area contributed by atoms with Gasteiger partial charge in [-0.15, -0.1) is 0 Å². The summed E-state index contributed by atoms with van der Waals surface area (Å²) in [6, 6.07) is 0. The van der Waals surface area contributed by atoms with E-state index in [1.54, 1.807) is 0 Å². The average molecular weight is 275 g/mol. The number of ether oxygens (including phenoxy) is 1. The molecule has 0 radical (unpaired) electrons. The zero-order valence-corrected chi connectivity index (χ0v) is 12.6. The van der Waals surface area contributed by atoms with Gasteiger partial charge in [-0.05, 0) is 63.6 Å². The minimum Gasteiger partial charge on any atom is -0.367 e. The standard InChI is InChI=1S/C16H25N3O/c1-3-17-10-12-5-6-14-13(9-12)11-18-15(19-14)16(2)7-4-8-20-16/h11-12,17H,3-10H2,1-2H3. The zero-order chi connectivity index (χ0) is 14.0. The van der Waals surface area contributed by atoms with Crippen LogP contribution in [0.25, 0.3) is 0 Å². The quantitative estimate of drug-likeness (QED) is 0.915. The lowest BCUT2D eigenvalue weighted by Gasteiger charge is -2.27. The van der Waals surface area contributed by atoms with Gasteiger partial charge in [0.1, 0.15) is 5.60 Å². The van der Waals surface area contributed by atoms with Gasteiger partial charge < -0.3 is 10.1 Å². The normalized spacial score (nSPS) is 29.4. The first-order valence-electron chi connectivity index (χ1n) is 7.91. The molecule has 2 atom stereocenters. The van der Waals surface area contributed by atoms with Crippen molar-refractivity contribution in [3.05, 3.63) is 23.3 Å². The Morgan fingerprint density at radius 2 is 2.40 bits per heavy atom. The SMILES string of the molecule is CCNCC1CCc2nc(C3(C)CCCO3)ncc2C1. The largest absolute Gasteiger partial charge is 0.367 e. The summed E-state index contributed by atoms with van der Waals surface area (Å²) in [5, 5.41) is 3.45. The minimum atomic E-state index is -0.254. The molecular weight excluding hydrogens is 250 g/mol. The number of hydrogen-bond donors (Lipinski definition) is 1. The predicted octanol–water partition coefficient (Wildman–Crippen LogP) is 2.22. The molecule has 0 saturated carbocycles. The molecule has 3 rings (SSSR count). The van der Waals surface area contributed by atoms with Crippen LogP contribution in [0, 0.1) is 5.92 Å². The van der Waals surface area contributed by atoms with E-state index in [1.165, 1.54) is 17.7 Å². The van der Waals surface area contributed by atoms with Crippen molar-refractivity contribution in [2.75, 3.05) is 19.7 Å². The highest BCUT2D eigenvalue weighted by molar-refractivity contribution is 5.23. The summed E-state index contributed by atoms with van der Waals surface area (Å²) in [4.78, 5) is 9.43. The van der Waals surface area contributed by atoms with Gasteiger partial charge in [0, 0.05) is 18.5 Å². The second-order valence-corrected chi connectivity index (χ2v) is 6.26. The van der Waals surface area contributed by atoms with E-state index in [4.69, 9.17) is 9.72 Å². The molecule has 1 fully saturated rings. The molecule has 2 unspecified atom stereocenters. The highest BCUT2D eigenvalue weighted by Gasteiger charge is 2.35. The first-order valence-corrected chi connectivity index (χ1v) is 7.91. The van der Waals surface area contributed by atoms with E-state index < -0.39 is 0 Å². The molecular formula is C16H25N3O. The molecule has 1 aliphatic heterocycles. The lowest BCUT2D eigenvalue weighted by atomic mass is 9.87. The third-order valence-electron chi connectivity index (χ3n) is 4.63. The van der Waals surface area contributed by atoms with E-state index in [2.05, 4.69) is 24.1 Å². The summed E-state index contributed by atoms with van der Waals surface area (Å²) < 4.78 is 5.86. The summed E-state index contributed by atoms with van der Waals surface area (Å²) in [6.45, 7) is 7.28. The van der Waals surface area contributed by atoms with Crippen molar-refractivity contribution in [3.8, 4) is 0 Å². The van der Waals surface area contributed by atoms with Crippen LogP contribution in [-0.2, 0) is 23.2 Å². The maximum Gasteiger partial charge on any atom is 0.160 e. The molecule has 4 heteroatoms. The average Bonchev–Trinajstić information content (AvgIpc) is 2.92. The first kappa shape index (κ1) is 14.0. The Kier molecular flexibility index (Phi) is 4.03. The molecule has 2 heterocycles. The number of hydrogen-bond acceptors (Lipinski definition) is 4. The fraction of sp³-hybridized carbons (Fsp3) is 0.750. The molecule has 110 valence electrons. The Morgan fingerprint density at radius 1 is 1.50 bits per heavy atom. The van der Waals surface area contributed by atoms with Gasteiger partial charge in [0.05, 0.1) is 0 Å². The molecule has 1 aromatic heterocycles. The second-order valence-electron chi connectivity index (χ2n) is 6.26. The predicted molar refractivity (Wildman–Crippen MR) is 78.6 cm³/mol. The molecule has 1 aliphatic carbocycles. The van der Waals surface area contributed by atoms with E-state index in [0.29, 0.717) is 0 Å². The number of aromatic nitrogens is 2. The third kappa shape index (κ3) is 2.72. The van der Waals surface area contributed by atoms with E-state index in [-0.39, 0.29) is 5.60 Å². The Hall–Kier alpha value is -1.00. The molecule has 1 N–H and O–H groups in total. The fourth-order valence-electron chi connectivity index (χ4n) is 3.32. The van der Waals surface area contributed by atoms with Gasteiger partial charge in [-0.2, -0.15) is 0 Å². The number of fused-ring (bicyclic) bond motifs is 1. The number of nitrogens with one attached hydrogen (secondary N) is 1. The monoisotopic (exact) mass is 275 g/mol. The summed E-state index contributed by atoms with van der Waals surface area (Å²) in [7, 11) is 0. The van der Waals surface area contributed by atoms with Gasteiger partial charge >= 0.3 is 0 Å². The fourth-order valence-corrected chi connectivity index (χ4v) is 3.32. The highest BCUT2D eigenvalue weighted by atomic mass is 16.5. The molecule has 1 saturated heterocycles. The Labute approximate surface area is 121 Å². The molecule has 0 bridgehead atoms. The van der Waals surface area contributed by atoms with Crippen molar-refractivity contribution in [1.82, 2.24) is 15.3 Å². The van der Waals surface area contributed by atoms with Gasteiger partial charge in [0.2, 0.25) is 0 Å². The van der Waals surface area contributed by atoms with Crippen LogP contribution in [0.5, 0.6) is 0 Å². The van der Waals surface area contributed by atoms with Gasteiger partial charge in [0.15, 0.2) is 5.82 Å². The van der Waals surface area contributed by atoms with E-state index in [0.717, 1.165) is 57.1 Å². The molecule has 20 heavy (non-hydrogen) atoms. The van der Waals surface area contributed by atoms with Gasteiger partial charge in [-0.3, -0.25) is 0 Å². The summed E-state index contributed by atoms with van der Waals surface area (Å²) in [6.07, 6.45) is 7.62. The molecule has 1 aromatic rings. The number of rotatable bonds is 4. The van der Waals surface area contributed by atoms with Crippen LogP contribution < -0.4 is 5.32 Å². The highest BCUT2D eigenvalue weighted by Crippen LogP contribution is 2.34. The third-order valence-corrected chi connectivity index (χ3v) is 4.63. The Balaban J connectivity index is 1.75. The number of aryl methyl sites for hydroxylation is 1. The van der Waals surface area contributed by atoms with Crippen LogP contribution in [0.15, 0.2) is 6.20 Å². The van der Waals surface area contributed by atoms with E-state index >= 15 is 0 Å². The second kappa shape index (κ2) is 5.78. The van der Waals surface area contributed by atoms with E-state index in [9.17, 15) is 0 Å². The Morgan fingerprint density at radius 3 is 3.15 bits per heavy atom. The van der Waals surface area contributed by atoms with Crippen LogP contribution >= 0.6 is 0 Å². The molecule has 4 nitrogen and oxygen atoms in total. The zero-order valence-electron chi connectivity index (χ0n) is 12.6. The topological polar surface area (TPSA) is 47.0 Å².